The maximum atomic E-state index is 11.0. The lowest BCUT2D eigenvalue weighted by atomic mass is 10.2. The van der Waals surface area contributed by atoms with E-state index >= 15 is 0 Å². The highest BCUT2D eigenvalue weighted by molar-refractivity contribution is 9.10. The van der Waals surface area contributed by atoms with E-state index in [4.69, 9.17) is 9.84 Å². The minimum absolute atomic E-state index is 0.0522. The van der Waals surface area contributed by atoms with Crippen LogP contribution in [0.2, 0.25) is 0 Å². The molecule has 92 valence electrons. The monoisotopic (exact) mass is 300 g/mol. The van der Waals surface area contributed by atoms with Crippen LogP contribution in [0.15, 0.2) is 10.5 Å². The molecule has 2 rings (SSSR count). The summed E-state index contributed by atoms with van der Waals surface area (Å²) in [6, 6.07) is 1.50. The summed E-state index contributed by atoms with van der Waals surface area (Å²) < 4.78 is 5.61. The third-order valence-corrected chi connectivity index (χ3v) is 3.22. The number of nitrogens with zero attached hydrogens (tertiary/aromatic N) is 1. The maximum absolute atomic E-state index is 11.0. The van der Waals surface area contributed by atoms with Gasteiger partial charge in [0.15, 0.2) is 0 Å². The van der Waals surface area contributed by atoms with E-state index in [1.165, 1.54) is 26.0 Å². The largest absolute Gasteiger partial charge is 0.480 e. The van der Waals surface area contributed by atoms with Gasteiger partial charge in [0.1, 0.15) is 11.4 Å². The molecule has 0 saturated heterocycles. The fourth-order valence-corrected chi connectivity index (χ4v) is 1.93. The van der Waals surface area contributed by atoms with Gasteiger partial charge in [0.2, 0.25) is 5.88 Å². The fourth-order valence-electron chi connectivity index (χ4n) is 1.47. The molecule has 0 amide bonds. The number of methoxy groups -OCH3 is 1. The third kappa shape index (κ3) is 2.88. The first-order valence-electron chi connectivity index (χ1n) is 5.33. The number of hydrogen-bond donors (Lipinski definition) is 2. The smallest absolute Gasteiger partial charge is 0.341 e. The lowest BCUT2D eigenvalue weighted by Gasteiger charge is -2.10. The Labute approximate surface area is 107 Å². The Morgan fingerprint density at radius 2 is 2.41 bits per heavy atom. The molecule has 6 heteroatoms. The fraction of sp³-hybridized carbons (Fsp3) is 0.455. The molecular formula is C11H13BrN2O3. The molecule has 1 aliphatic rings. The first-order chi connectivity index (χ1) is 8.11. The molecule has 0 bridgehead atoms. The zero-order valence-electron chi connectivity index (χ0n) is 9.36. The van der Waals surface area contributed by atoms with Crippen molar-refractivity contribution < 1.29 is 14.6 Å². The molecule has 2 N–H and O–H groups in total. The quantitative estimate of drug-likeness (QED) is 0.873. The summed E-state index contributed by atoms with van der Waals surface area (Å²) in [5.74, 6) is 0.412. The second-order valence-electron chi connectivity index (χ2n) is 4.01. The third-order valence-electron chi connectivity index (χ3n) is 2.62. The predicted molar refractivity (Wildman–Crippen MR) is 66.7 cm³/mol. The molecule has 0 aliphatic heterocycles. The van der Waals surface area contributed by atoms with E-state index in [0.717, 1.165) is 6.54 Å². The first kappa shape index (κ1) is 12.2. The lowest BCUT2D eigenvalue weighted by Crippen LogP contribution is -2.09. The summed E-state index contributed by atoms with van der Waals surface area (Å²) in [6.45, 7) is 0.862. The van der Waals surface area contributed by atoms with Crippen molar-refractivity contribution in [3.05, 3.63) is 16.1 Å². The average Bonchev–Trinajstić information content (AvgIpc) is 3.10. The molecule has 0 unspecified atom stereocenters. The minimum atomic E-state index is -1.05. The van der Waals surface area contributed by atoms with Crippen molar-refractivity contribution in [1.29, 1.82) is 0 Å². The number of anilines is 1. The van der Waals surface area contributed by atoms with Gasteiger partial charge in [-0.05, 0) is 40.8 Å². The molecule has 0 atom stereocenters. The number of carbonyl (C=O) groups is 1. The molecule has 5 nitrogen and oxygen atoms in total. The van der Waals surface area contributed by atoms with Crippen LogP contribution in [0.25, 0.3) is 0 Å². The van der Waals surface area contributed by atoms with Gasteiger partial charge in [0, 0.05) is 6.54 Å². The van der Waals surface area contributed by atoms with Crippen LogP contribution in [0.1, 0.15) is 23.2 Å². The van der Waals surface area contributed by atoms with E-state index in [1.807, 2.05) is 0 Å². The van der Waals surface area contributed by atoms with Gasteiger partial charge in [-0.15, -0.1) is 0 Å². The van der Waals surface area contributed by atoms with Gasteiger partial charge in [-0.3, -0.25) is 0 Å². The van der Waals surface area contributed by atoms with Crippen LogP contribution in [0.5, 0.6) is 5.88 Å². The van der Waals surface area contributed by atoms with Gasteiger partial charge in [-0.1, -0.05) is 0 Å². The average molecular weight is 301 g/mol. The van der Waals surface area contributed by atoms with Crippen molar-refractivity contribution in [3.8, 4) is 5.88 Å². The lowest BCUT2D eigenvalue weighted by molar-refractivity contribution is 0.0692. The van der Waals surface area contributed by atoms with Crippen molar-refractivity contribution >= 4 is 27.7 Å². The SMILES string of the molecule is COc1nc(NCC2CC2)c(Br)cc1C(=O)O. The Morgan fingerprint density at radius 1 is 1.71 bits per heavy atom. The van der Waals surface area contributed by atoms with Gasteiger partial charge in [0.25, 0.3) is 0 Å². The van der Waals surface area contributed by atoms with E-state index in [-0.39, 0.29) is 11.4 Å². The molecule has 0 aromatic carbocycles. The standard InChI is InChI=1S/C11H13BrN2O3/c1-17-10-7(11(15)16)4-8(12)9(14-10)13-5-6-2-3-6/h4,6H,2-3,5H2,1H3,(H,13,14)(H,15,16). The molecule has 1 aromatic rings. The van der Waals surface area contributed by atoms with E-state index in [1.54, 1.807) is 0 Å². The number of carboxylic acids is 1. The number of aromatic carboxylic acids is 1. The van der Waals surface area contributed by atoms with Crippen molar-refractivity contribution in [1.82, 2.24) is 4.98 Å². The van der Waals surface area contributed by atoms with E-state index in [2.05, 4.69) is 26.2 Å². The zero-order chi connectivity index (χ0) is 12.4. The normalized spacial score (nSPS) is 14.5. The zero-order valence-corrected chi connectivity index (χ0v) is 11.0. The van der Waals surface area contributed by atoms with Gasteiger partial charge in [-0.2, -0.15) is 4.98 Å². The van der Waals surface area contributed by atoms with E-state index < -0.39 is 5.97 Å². The van der Waals surface area contributed by atoms with Crippen LogP contribution >= 0.6 is 15.9 Å². The highest BCUT2D eigenvalue weighted by Crippen LogP contribution is 2.31. The Bertz CT molecular complexity index is 447. The van der Waals surface area contributed by atoms with Crippen LogP contribution in [0.4, 0.5) is 5.82 Å². The summed E-state index contributed by atoms with van der Waals surface area (Å²) in [6.07, 6.45) is 2.49. The Kier molecular flexibility index (Phi) is 3.51. The summed E-state index contributed by atoms with van der Waals surface area (Å²) >= 11 is 3.31. The van der Waals surface area contributed by atoms with Crippen LogP contribution in [0.3, 0.4) is 0 Å². The minimum Gasteiger partial charge on any atom is -0.480 e. The van der Waals surface area contributed by atoms with Gasteiger partial charge < -0.3 is 15.2 Å². The van der Waals surface area contributed by atoms with E-state index in [9.17, 15) is 4.79 Å². The Balaban J connectivity index is 2.23. The summed E-state index contributed by atoms with van der Waals surface area (Å²) in [7, 11) is 1.41. The van der Waals surface area contributed by atoms with Crippen molar-refractivity contribution in [3.63, 3.8) is 0 Å². The van der Waals surface area contributed by atoms with Gasteiger partial charge in [0.05, 0.1) is 11.6 Å². The van der Waals surface area contributed by atoms with Crippen molar-refractivity contribution in [2.75, 3.05) is 19.0 Å². The summed E-state index contributed by atoms with van der Waals surface area (Å²) in [5, 5.41) is 12.2. The molecule has 1 fully saturated rings. The molecule has 17 heavy (non-hydrogen) atoms. The maximum Gasteiger partial charge on any atom is 0.341 e. The van der Waals surface area contributed by atoms with Crippen LogP contribution in [-0.2, 0) is 0 Å². The van der Waals surface area contributed by atoms with E-state index in [0.29, 0.717) is 16.2 Å². The van der Waals surface area contributed by atoms with Crippen LogP contribution in [-0.4, -0.2) is 29.7 Å². The van der Waals surface area contributed by atoms with Gasteiger partial charge >= 0.3 is 5.97 Å². The summed E-state index contributed by atoms with van der Waals surface area (Å²) in [5.41, 5.74) is 0.0522. The number of aromatic nitrogens is 1. The number of hydrogen-bond acceptors (Lipinski definition) is 4. The molecule has 0 radical (unpaired) electrons. The number of nitrogens with one attached hydrogen (secondary N) is 1. The number of ether oxygens (including phenoxy) is 1. The molecule has 1 aliphatic carbocycles. The Hall–Kier alpha value is -1.30. The molecule has 0 spiro atoms. The summed E-state index contributed by atoms with van der Waals surface area (Å²) in [4.78, 5) is 15.1. The topological polar surface area (TPSA) is 71.5 Å². The highest BCUT2D eigenvalue weighted by Gasteiger charge is 2.22. The number of rotatable bonds is 5. The second kappa shape index (κ2) is 4.91. The van der Waals surface area contributed by atoms with Crippen LogP contribution < -0.4 is 10.1 Å². The van der Waals surface area contributed by atoms with Crippen LogP contribution in [0, 0.1) is 5.92 Å². The molecule has 1 heterocycles. The number of carboxylic acid groups (broad SMARTS) is 1. The molecule has 1 aromatic heterocycles. The Morgan fingerprint density at radius 3 is 2.94 bits per heavy atom. The number of pyridine rings is 1. The second-order valence-corrected chi connectivity index (χ2v) is 4.86. The van der Waals surface area contributed by atoms with Crippen molar-refractivity contribution in [2.24, 2.45) is 5.92 Å². The predicted octanol–water partition coefficient (Wildman–Crippen LogP) is 2.37. The van der Waals surface area contributed by atoms with Gasteiger partial charge in [-0.25, -0.2) is 4.79 Å². The molecular weight excluding hydrogens is 288 g/mol. The van der Waals surface area contributed by atoms with Crippen molar-refractivity contribution in [2.45, 2.75) is 12.8 Å². The first-order valence-corrected chi connectivity index (χ1v) is 6.12. The molecule has 1 saturated carbocycles. The highest BCUT2D eigenvalue weighted by atomic mass is 79.9. The number of halogens is 1.